The first-order valence-electron chi connectivity index (χ1n) is 13.6. The second kappa shape index (κ2) is 11.0. The van der Waals surface area contributed by atoms with Crippen LogP contribution in [0.1, 0.15) is 81.3 Å². The van der Waals surface area contributed by atoms with E-state index < -0.39 is 18.3 Å². The first kappa shape index (κ1) is 25.6. The maximum atomic E-state index is 6.79. The van der Waals surface area contributed by atoms with E-state index in [9.17, 15) is 0 Å². The van der Waals surface area contributed by atoms with Gasteiger partial charge < -0.3 is 14.2 Å². The molecule has 0 N–H and O–H groups in total. The van der Waals surface area contributed by atoms with E-state index in [0.717, 1.165) is 36.5 Å². The van der Waals surface area contributed by atoms with Gasteiger partial charge in [0.05, 0.1) is 34.0 Å². The minimum Gasteiger partial charge on any atom is -0.379 e. The molecule has 4 atom stereocenters. The second-order valence-corrected chi connectivity index (χ2v) is 18.5. The highest BCUT2D eigenvalue weighted by Gasteiger charge is 2.48. The Morgan fingerprint density at radius 3 is 2.09 bits per heavy atom. The van der Waals surface area contributed by atoms with E-state index in [1.165, 1.54) is 68.9 Å². The molecule has 6 heteroatoms. The molecule has 0 aliphatic carbocycles. The molecule has 3 heterocycles. The SMILES string of the molecule is C=C[SiH2]C1(C(CC2([SiH](C)C)CCCCO2)c2ccc(C3([SiH3])CCCCO3)cc2)CCCCO1. The minimum atomic E-state index is -1.02. The van der Waals surface area contributed by atoms with E-state index >= 15 is 0 Å². The summed E-state index contributed by atoms with van der Waals surface area (Å²) in [6.07, 6.45) is 12.2. The van der Waals surface area contributed by atoms with Gasteiger partial charge in [-0.05, 0) is 75.3 Å². The molecule has 0 aromatic heterocycles. The molecule has 3 saturated heterocycles. The van der Waals surface area contributed by atoms with E-state index in [1.807, 2.05) is 0 Å². The van der Waals surface area contributed by atoms with Crippen LogP contribution in [0.3, 0.4) is 0 Å². The summed E-state index contributed by atoms with van der Waals surface area (Å²) in [5, 5.41) is 0.0780. The molecular formula is C27H46O3Si3. The highest BCUT2D eigenvalue weighted by Crippen LogP contribution is 2.46. The highest BCUT2D eigenvalue weighted by molar-refractivity contribution is 6.59. The summed E-state index contributed by atoms with van der Waals surface area (Å²) >= 11 is 0. The van der Waals surface area contributed by atoms with Crippen LogP contribution in [0.4, 0.5) is 0 Å². The molecule has 33 heavy (non-hydrogen) atoms. The summed E-state index contributed by atoms with van der Waals surface area (Å²) in [4.78, 5) is 0. The van der Waals surface area contributed by atoms with Gasteiger partial charge in [0.2, 0.25) is 0 Å². The Morgan fingerprint density at radius 1 is 0.939 bits per heavy atom. The van der Waals surface area contributed by atoms with E-state index in [-0.39, 0.29) is 15.7 Å². The molecule has 3 nitrogen and oxygen atoms in total. The zero-order valence-electron chi connectivity index (χ0n) is 21.4. The summed E-state index contributed by atoms with van der Waals surface area (Å²) in [6, 6.07) is 9.61. The molecule has 3 aliphatic rings. The van der Waals surface area contributed by atoms with Crippen molar-refractivity contribution in [3.05, 3.63) is 47.7 Å². The number of hydrogen-bond acceptors (Lipinski definition) is 3. The Bertz CT molecular complexity index is 761. The van der Waals surface area contributed by atoms with Crippen LogP contribution < -0.4 is 0 Å². The lowest BCUT2D eigenvalue weighted by Gasteiger charge is -2.49. The van der Waals surface area contributed by atoms with Crippen molar-refractivity contribution in [2.75, 3.05) is 19.8 Å². The van der Waals surface area contributed by atoms with Crippen molar-refractivity contribution in [2.45, 2.75) is 98.9 Å². The summed E-state index contributed by atoms with van der Waals surface area (Å²) in [5.74, 6) is 0.404. The third kappa shape index (κ3) is 5.51. The largest absolute Gasteiger partial charge is 0.379 e. The fourth-order valence-corrected chi connectivity index (χ4v) is 11.3. The van der Waals surface area contributed by atoms with E-state index in [2.05, 4.69) is 49.6 Å². The van der Waals surface area contributed by atoms with Crippen LogP contribution in [0, 0.1) is 0 Å². The summed E-state index contributed by atoms with van der Waals surface area (Å²) in [5.41, 5.74) is 5.08. The average Bonchev–Trinajstić information content (AvgIpc) is 2.84. The average molecular weight is 503 g/mol. The maximum Gasteiger partial charge on any atom is 0.0835 e. The quantitative estimate of drug-likeness (QED) is 0.502. The monoisotopic (exact) mass is 502 g/mol. The van der Waals surface area contributed by atoms with Gasteiger partial charge in [0.25, 0.3) is 0 Å². The number of ether oxygens (including phenoxy) is 3. The van der Waals surface area contributed by atoms with Gasteiger partial charge in [0.15, 0.2) is 0 Å². The molecule has 1 aromatic carbocycles. The Hall–Kier alpha value is -0.509. The van der Waals surface area contributed by atoms with Crippen LogP contribution in [-0.4, -0.2) is 58.8 Å². The topological polar surface area (TPSA) is 27.7 Å². The van der Waals surface area contributed by atoms with E-state index in [4.69, 9.17) is 14.2 Å². The number of benzene rings is 1. The fourth-order valence-electron chi connectivity index (χ4n) is 6.60. The Balaban J connectivity index is 1.69. The van der Waals surface area contributed by atoms with Crippen LogP contribution in [0.2, 0.25) is 13.1 Å². The molecule has 0 saturated carbocycles. The lowest BCUT2D eigenvalue weighted by Crippen LogP contribution is -2.54. The minimum absolute atomic E-state index is 0.000279. The third-order valence-electron chi connectivity index (χ3n) is 8.89. The summed E-state index contributed by atoms with van der Waals surface area (Å²) < 4.78 is 19.8. The van der Waals surface area contributed by atoms with E-state index in [1.54, 1.807) is 0 Å². The molecule has 0 radical (unpaired) electrons. The molecule has 0 amide bonds. The van der Waals surface area contributed by atoms with Gasteiger partial charge in [-0.1, -0.05) is 37.4 Å². The van der Waals surface area contributed by atoms with Gasteiger partial charge in [0.1, 0.15) is 0 Å². The lowest BCUT2D eigenvalue weighted by molar-refractivity contribution is -0.0743. The predicted octanol–water partition coefficient (Wildman–Crippen LogP) is 4.05. The van der Waals surface area contributed by atoms with Crippen molar-refractivity contribution in [3.63, 3.8) is 0 Å². The maximum absolute atomic E-state index is 6.79. The first-order valence-corrected chi connectivity index (χ1v) is 19.0. The smallest absolute Gasteiger partial charge is 0.0835 e. The van der Waals surface area contributed by atoms with Gasteiger partial charge in [-0.2, -0.15) is 0 Å². The van der Waals surface area contributed by atoms with Gasteiger partial charge in [0, 0.05) is 36.0 Å². The molecule has 0 bridgehead atoms. The molecule has 4 unspecified atom stereocenters. The third-order valence-corrected chi connectivity index (χ3v) is 15.1. The van der Waals surface area contributed by atoms with Crippen molar-refractivity contribution in [1.82, 2.24) is 0 Å². The Kier molecular flexibility index (Phi) is 8.56. The first-order chi connectivity index (χ1) is 15.9. The van der Waals surface area contributed by atoms with E-state index in [0.29, 0.717) is 5.92 Å². The Labute approximate surface area is 208 Å². The van der Waals surface area contributed by atoms with Crippen LogP contribution in [0.25, 0.3) is 0 Å². The molecule has 184 valence electrons. The van der Waals surface area contributed by atoms with Crippen molar-refractivity contribution in [2.24, 2.45) is 0 Å². The molecule has 0 spiro atoms. The van der Waals surface area contributed by atoms with Crippen molar-refractivity contribution < 1.29 is 14.2 Å². The van der Waals surface area contributed by atoms with Gasteiger partial charge in [-0.3, -0.25) is 0 Å². The molecule has 4 rings (SSSR count). The van der Waals surface area contributed by atoms with Crippen molar-refractivity contribution >= 4 is 28.6 Å². The summed E-state index contributed by atoms with van der Waals surface area (Å²) in [6.45, 7) is 11.9. The molecular weight excluding hydrogens is 457 g/mol. The highest BCUT2D eigenvalue weighted by atomic mass is 28.3. The van der Waals surface area contributed by atoms with Gasteiger partial charge in [-0.25, -0.2) is 0 Å². The lowest BCUT2D eigenvalue weighted by atomic mass is 9.82. The number of hydrogen-bond donors (Lipinski definition) is 0. The van der Waals surface area contributed by atoms with Crippen molar-refractivity contribution in [3.8, 4) is 0 Å². The summed E-state index contributed by atoms with van der Waals surface area (Å²) in [7, 11) is -0.548. The van der Waals surface area contributed by atoms with Crippen LogP contribution in [0.5, 0.6) is 0 Å². The second-order valence-electron chi connectivity index (χ2n) is 11.3. The van der Waals surface area contributed by atoms with Crippen LogP contribution in [0.15, 0.2) is 36.5 Å². The predicted molar refractivity (Wildman–Crippen MR) is 148 cm³/mol. The molecule has 1 aromatic rings. The number of rotatable bonds is 8. The fraction of sp³-hybridized carbons (Fsp3) is 0.704. The molecule has 3 fully saturated rings. The standard InChI is InChI=1S/C27H46O3Si3/c1-4-32-27(17-7-10-20-30-27)24(21-25(33(2)3)15-5-8-18-28-25)22-11-13-23(14-12-22)26(31)16-6-9-19-29-26/h4,11-14,24,33H,1,5-10,15-21,32H2,2-3,31H3. The van der Waals surface area contributed by atoms with Crippen molar-refractivity contribution in [1.29, 1.82) is 0 Å². The Morgan fingerprint density at radius 2 is 1.58 bits per heavy atom. The zero-order chi connectivity index (χ0) is 23.4. The van der Waals surface area contributed by atoms with Gasteiger partial charge in [-0.15, -0.1) is 12.3 Å². The van der Waals surface area contributed by atoms with Crippen LogP contribution >= 0.6 is 0 Å². The normalized spacial score (nSPS) is 34.6. The van der Waals surface area contributed by atoms with Gasteiger partial charge >= 0.3 is 0 Å². The zero-order valence-corrected chi connectivity index (χ0v) is 25.9. The van der Waals surface area contributed by atoms with Crippen LogP contribution in [-0.2, 0) is 19.4 Å². The molecule has 3 aliphatic heterocycles.